The van der Waals surface area contributed by atoms with Gasteiger partial charge in [-0.3, -0.25) is 0 Å². The van der Waals surface area contributed by atoms with Crippen LogP contribution in [-0.2, 0) is 6.42 Å². The van der Waals surface area contributed by atoms with Crippen molar-refractivity contribution >= 4 is 0 Å². The average molecular weight is 175 g/mol. The Bertz CT molecular complexity index is 289. The maximum Gasteiger partial charge on any atom is 0.119 e. The van der Waals surface area contributed by atoms with Crippen LogP contribution in [0, 0.1) is 6.08 Å². The molecular formula is C12H15O. The largest absolute Gasteiger partial charge is 0.497 e. The number of hydrogen-bond acceptors (Lipinski definition) is 1. The highest BCUT2D eigenvalue weighted by Gasteiger charge is 1.98. The number of methoxy groups -OCH3 is 1. The molecule has 0 atom stereocenters. The molecule has 0 amide bonds. The lowest BCUT2D eigenvalue weighted by Gasteiger charge is -2.05. The number of hydrogen-bond donors (Lipinski definition) is 0. The summed E-state index contributed by atoms with van der Waals surface area (Å²) in [5.74, 6) is 0.886. The predicted molar refractivity (Wildman–Crippen MR) is 55.0 cm³/mol. The van der Waals surface area contributed by atoms with Gasteiger partial charge >= 0.3 is 0 Å². The first-order chi connectivity index (χ1) is 6.30. The van der Waals surface area contributed by atoms with E-state index in [0.717, 1.165) is 24.2 Å². The van der Waals surface area contributed by atoms with Crippen LogP contribution in [0.5, 0.6) is 5.75 Å². The van der Waals surface area contributed by atoms with E-state index in [0.29, 0.717) is 0 Å². The third-order valence-electron chi connectivity index (χ3n) is 1.94. The van der Waals surface area contributed by atoms with Gasteiger partial charge in [0.2, 0.25) is 0 Å². The summed E-state index contributed by atoms with van der Waals surface area (Å²) in [6, 6.07) is 6.09. The van der Waals surface area contributed by atoms with Crippen molar-refractivity contribution in [2.45, 2.75) is 19.8 Å². The lowest BCUT2D eigenvalue weighted by atomic mass is 10.1. The fourth-order valence-electron chi connectivity index (χ4n) is 1.31. The molecule has 1 nitrogen and oxygen atoms in total. The van der Waals surface area contributed by atoms with Crippen LogP contribution < -0.4 is 4.74 Å². The topological polar surface area (TPSA) is 9.23 Å². The van der Waals surface area contributed by atoms with E-state index in [1.54, 1.807) is 7.11 Å². The number of ether oxygens (including phenoxy) is 1. The van der Waals surface area contributed by atoms with Gasteiger partial charge in [-0.25, -0.2) is 0 Å². The maximum atomic E-state index is 5.18. The molecule has 0 fully saturated rings. The first kappa shape index (κ1) is 9.85. The van der Waals surface area contributed by atoms with E-state index < -0.39 is 0 Å². The van der Waals surface area contributed by atoms with Crippen molar-refractivity contribution in [2.75, 3.05) is 7.11 Å². The lowest BCUT2D eigenvalue weighted by molar-refractivity contribution is 0.414. The normalized spacial score (nSPS) is 9.69. The minimum atomic E-state index is 0.886. The van der Waals surface area contributed by atoms with Crippen molar-refractivity contribution < 1.29 is 4.74 Å². The Morgan fingerprint density at radius 3 is 2.69 bits per heavy atom. The van der Waals surface area contributed by atoms with Gasteiger partial charge in [-0.05, 0) is 35.8 Å². The first-order valence-corrected chi connectivity index (χ1v) is 4.51. The van der Waals surface area contributed by atoms with Gasteiger partial charge in [0.15, 0.2) is 0 Å². The molecule has 1 heteroatoms. The molecule has 0 saturated carbocycles. The van der Waals surface area contributed by atoms with Gasteiger partial charge in [0, 0.05) is 0 Å². The quantitative estimate of drug-likeness (QED) is 0.683. The van der Waals surface area contributed by atoms with E-state index in [4.69, 9.17) is 4.74 Å². The van der Waals surface area contributed by atoms with E-state index in [9.17, 15) is 0 Å². The molecule has 1 aromatic rings. The van der Waals surface area contributed by atoms with E-state index in [-0.39, 0.29) is 0 Å². The molecule has 0 heterocycles. The molecule has 0 aliphatic heterocycles. The highest BCUT2D eigenvalue weighted by Crippen LogP contribution is 2.17. The Morgan fingerprint density at radius 1 is 1.38 bits per heavy atom. The zero-order chi connectivity index (χ0) is 9.68. The number of benzene rings is 1. The van der Waals surface area contributed by atoms with E-state index in [1.807, 2.05) is 6.07 Å². The Labute approximate surface area is 80.0 Å². The van der Waals surface area contributed by atoms with Crippen LogP contribution in [0.4, 0.5) is 0 Å². The Morgan fingerprint density at radius 2 is 2.15 bits per heavy atom. The van der Waals surface area contributed by atoms with Crippen LogP contribution in [-0.4, -0.2) is 7.11 Å². The van der Waals surface area contributed by atoms with Gasteiger partial charge in [-0.2, -0.15) is 0 Å². The summed E-state index contributed by atoms with van der Waals surface area (Å²) in [6.07, 6.45) is 5.09. The van der Waals surface area contributed by atoms with Crippen LogP contribution in [0.2, 0.25) is 0 Å². The van der Waals surface area contributed by atoms with Gasteiger partial charge in [-0.15, -0.1) is 0 Å². The van der Waals surface area contributed by atoms with Crippen molar-refractivity contribution in [1.29, 1.82) is 0 Å². The van der Waals surface area contributed by atoms with Crippen molar-refractivity contribution in [3.63, 3.8) is 0 Å². The summed E-state index contributed by atoms with van der Waals surface area (Å²) in [5, 5.41) is 0. The average Bonchev–Trinajstić information content (AvgIpc) is 2.17. The third-order valence-corrected chi connectivity index (χ3v) is 1.94. The molecule has 1 radical (unpaired) electrons. The van der Waals surface area contributed by atoms with Gasteiger partial charge in [0.1, 0.15) is 5.75 Å². The summed E-state index contributed by atoms with van der Waals surface area (Å²) in [6.45, 7) is 5.79. The summed E-state index contributed by atoms with van der Waals surface area (Å²) >= 11 is 0. The van der Waals surface area contributed by atoms with Gasteiger partial charge in [0.25, 0.3) is 0 Å². The van der Waals surface area contributed by atoms with Crippen LogP contribution >= 0.6 is 0 Å². The molecule has 69 valence electrons. The van der Waals surface area contributed by atoms with Crippen molar-refractivity contribution in [1.82, 2.24) is 0 Å². The second-order valence-electron chi connectivity index (χ2n) is 3.00. The zero-order valence-electron chi connectivity index (χ0n) is 8.26. The minimum Gasteiger partial charge on any atom is -0.497 e. The van der Waals surface area contributed by atoms with Crippen LogP contribution in [0.15, 0.2) is 24.8 Å². The Balaban J connectivity index is 2.99. The number of aryl methyl sites for hydroxylation is 1. The zero-order valence-corrected chi connectivity index (χ0v) is 8.26. The second-order valence-corrected chi connectivity index (χ2v) is 3.00. The molecule has 0 unspecified atom stereocenters. The van der Waals surface area contributed by atoms with Crippen LogP contribution in [0.1, 0.15) is 24.5 Å². The van der Waals surface area contributed by atoms with Crippen molar-refractivity contribution in [3.05, 3.63) is 42.0 Å². The second kappa shape index (κ2) is 4.70. The van der Waals surface area contributed by atoms with E-state index >= 15 is 0 Å². The minimum absolute atomic E-state index is 0.886. The van der Waals surface area contributed by atoms with Gasteiger partial charge in [0.05, 0.1) is 7.11 Å². The molecule has 0 aliphatic rings. The van der Waals surface area contributed by atoms with E-state index in [1.165, 1.54) is 5.56 Å². The molecule has 0 N–H and O–H groups in total. The number of rotatable bonds is 4. The third kappa shape index (κ3) is 2.62. The molecule has 0 aromatic heterocycles. The summed E-state index contributed by atoms with van der Waals surface area (Å²) in [4.78, 5) is 0. The predicted octanol–water partition coefficient (Wildman–Crippen LogP) is 2.98. The highest BCUT2D eigenvalue weighted by atomic mass is 16.5. The van der Waals surface area contributed by atoms with Gasteiger partial charge < -0.3 is 4.74 Å². The summed E-state index contributed by atoms with van der Waals surface area (Å²) < 4.78 is 5.18. The molecule has 0 saturated heterocycles. The summed E-state index contributed by atoms with van der Waals surface area (Å²) in [7, 11) is 1.68. The summed E-state index contributed by atoms with van der Waals surface area (Å²) in [5.41, 5.74) is 2.29. The molecule has 13 heavy (non-hydrogen) atoms. The molecule has 0 spiro atoms. The molecule has 1 aromatic carbocycles. The van der Waals surface area contributed by atoms with Crippen molar-refractivity contribution in [2.24, 2.45) is 0 Å². The monoisotopic (exact) mass is 175 g/mol. The smallest absolute Gasteiger partial charge is 0.119 e. The molecule has 0 bridgehead atoms. The first-order valence-electron chi connectivity index (χ1n) is 4.51. The standard InChI is InChI=1S/C12H15O/c1-4-6-11-7-10(5-2)8-12(9-11)13-3/h7-9H,2,4,6H2,1,3H3. The van der Waals surface area contributed by atoms with E-state index in [2.05, 4.69) is 31.7 Å². The maximum absolute atomic E-state index is 5.18. The Hall–Kier alpha value is -1.24. The van der Waals surface area contributed by atoms with Gasteiger partial charge in [-0.1, -0.05) is 26.0 Å². The van der Waals surface area contributed by atoms with Crippen LogP contribution in [0.25, 0.3) is 0 Å². The lowest BCUT2D eigenvalue weighted by Crippen LogP contribution is -1.89. The molecule has 1 rings (SSSR count). The van der Waals surface area contributed by atoms with Crippen LogP contribution in [0.3, 0.4) is 0 Å². The molecule has 0 aliphatic carbocycles. The Kier molecular flexibility index (Phi) is 3.56. The fourth-order valence-corrected chi connectivity index (χ4v) is 1.31. The van der Waals surface area contributed by atoms with Crippen molar-refractivity contribution in [3.8, 4) is 5.75 Å². The molecular weight excluding hydrogens is 160 g/mol. The highest BCUT2D eigenvalue weighted by molar-refractivity contribution is 5.37. The SMILES string of the molecule is C=[C]c1cc(CCC)cc(OC)c1. The fraction of sp³-hybridized carbons (Fsp3) is 0.333.